The maximum atomic E-state index is 5.40. The number of aromatic amines is 1. The molecule has 2 heterocycles. The first-order valence-corrected chi connectivity index (χ1v) is 4.29. The van der Waals surface area contributed by atoms with Crippen molar-refractivity contribution in [3.63, 3.8) is 0 Å². The largest absolute Gasteiger partial charge is 0.366 e. The Hall–Kier alpha value is -1.91. The average Bonchev–Trinajstić information content (AvgIpc) is 2.57. The number of nitrogens with one attached hydrogen (secondary N) is 1. The summed E-state index contributed by atoms with van der Waals surface area (Å²) in [4.78, 5) is 8.37. The smallest absolute Gasteiger partial charge is 0.239 e. The molecule has 2 aromatic heterocycles. The molecule has 0 radical (unpaired) electrons. The summed E-state index contributed by atoms with van der Waals surface area (Å²) in [6, 6.07) is 3.89. The van der Waals surface area contributed by atoms with Gasteiger partial charge in [-0.2, -0.15) is 4.98 Å². The number of aryl methyl sites for hydroxylation is 2. The van der Waals surface area contributed by atoms with Gasteiger partial charge >= 0.3 is 0 Å². The average molecular weight is 189 g/mol. The molecular weight excluding hydrogens is 178 g/mol. The third-order valence-electron chi connectivity index (χ3n) is 2.10. The maximum Gasteiger partial charge on any atom is 0.239 e. The topological polar surface area (TPSA) is 80.5 Å². The quantitative estimate of drug-likeness (QED) is 0.703. The number of rotatable bonds is 1. The minimum Gasteiger partial charge on any atom is -0.366 e. The Morgan fingerprint density at radius 3 is 2.57 bits per heavy atom. The van der Waals surface area contributed by atoms with E-state index in [0.717, 1.165) is 17.0 Å². The lowest BCUT2D eigenvalue weighted by molar-refractivity contribution is 1.08. The van der Waals surface area contributed by atoms with Crippen molar-refractivity contribution in [1.82, 2.24) is 20.2 Å². The van der Waals surface area contributed by atoms with Crippen LogP contribution in [0.2, 0.25) is 0 Å². The molecular formula is C9H11N5. The van der Waals surface area contributed by atoms with Crippen molar-refractivity contribution in [3.05, 3.63) is 23.4 Å². The molecule has 0 bridgehead atoms. The van der Waals surface area contributed by atoms with Gasteiger partial charge < -0.3 is 5.73 Å². The van der Waals surface area contributed by atoms with E-state index < -0.39 is 0 Å². The van der Waals surface area contributed by atoms with Crippen molar-refractivity contribution in [1.29, 1.82) is 0 Å². The summed E-state index contributed by atoms with van der Waals surface area (Å²) in [5, 5.41) is 6.47. The van der Waals surface area contributed by atoms with Crippen LogP contribution in [0.1, 0.15) is 11.3 Å². The van der Waals surface area contributed by atoms with Crippen LogP contribution in [0.3, 0.4) is 0 Å². The molecule has 0 fully saturated rings. The SMILES string of the molecule is Cc1ccc(-c2nc(N)n[nH]2)nc1C. The lowest BCUT2D eigenvalue weighted by Crippen LogP contribution is -1.91. The monoisotopic (exact) mass is 189 g/mol. The standard InChI is InChI=1S/C9H11N5/c1-5-3-4-7(11-6(5)2)8-12-9(10)14-13-8/h3-4H,1-2H3,(H3,10,12,13,14). The minimum atomic E-state index is 0.236. The van der Waals surface area contributed by atoms with Crippen LogP contribution >= 0.6 is 0 Å². The summed E-state index contributed by atoms with van der Waals surface area (Å²) in [6.45, 7) is 3.97. The highest BCUT2D eigenvalue weighted by atomic mass is 15.3. The van der Waals surface area contributed by atoms with E-state index in [4.69, 9.17) is 5.73 Å². The molecule has 0 aromatic carbocycles. The predicted molar refractivity (Wildman–Crippen MR) is 53.5 cm³/mol. The molecule has 0 aliphatic heterocycles. The van der Waals surface area contributed by atoms with Crippen LogP contribution in [-0.4, -0.2) is 20.2 Å². The van der Waals surface area contributed by atoms with E-state index >= 15 is 0 Å². The van der Waals surface area contributed by atoms with Gasteiger partial charge in [-0.25, -0.2) is 4.98 Å². The second-order valence-electron chi connectivity index (χ2n) is 3.14. The summed E-state index contributed by atoms with van der Waals surface area (Å²) in [5.41, 5.74) is 8.30. The first-order valence-electron chi connectivity index (χ1n) is 4.29. The highest BCUT2D eigenvalue weighted by molar-refractivity contribution is 5.51. The summed E-state index contributed by atoms with van der Waals surface area (Å²) in [6.07, 6.45) is 0. The third-order valence-corrected chi connectivity index (χ3v) is 2.10. The first kappa shape index (κ1) is 8.68. The van der Waals surface area contributed by atoms with Crippen LogP contribution in [0, 0.1) is 13.8 Å². The number of anilines is 1. The third kappa shape index (κ3) is 1.44. The highest BCUT2D eigenvalue weighted by Crippen LogP contribution is 2.14. The summed E-state index contributed by atoms with van der Waals surface area (Å²) in [5.74, 6) is 0.839. The Morgan fingerprint density at radius 2 is 2.00 bits per heavy atom. The number of pyridine rings is 1. The van der Waals surface area contributed by atoms with E-state index in [-0.39, 0.29) is 5.95 Å². The summed E-state index contributed by atoms with van der Waals surface area (Å²) in [7, 11) is 0. The Morgan fingerprint density at radius 1 is 1.21 bits per heavy atom. The van der Waals surface area contributed by atoms with Crippen LogP contribution in [-0.2, 0) is 0 Å². The molecule has 14 heavy (non-hydrogen) atoms. The van der Waals surface area contributed by atoms with Gasteiger partial charge in [-0.15, -0.1) is 5.10 Å². The van der Waals surface area contributed by atoms with Gasteiger partial charge in [0.25, 0.3) is 0 Å². The Bertz CT molecular complexity index is 460. The fourth-order valence-electron chi connectivity index (χ4n) is 1.15. The molecule has 72 valence electrons. The van der Waals surface area contributed by atoms with Gasteiger partial charge in [-0.3, -0.25) is 5.10 Å². The fourth-order valence-corrected chi connectivity index (χ4v) is 1.15. The van der Waals surface area contributed by atoms with Crippen molar-refractivity contribution in [3.8, 4) is 11.5 Å². The Kier molecular flexibility index (Phi) is 1.92. The number of nitrogens with two attached hydrogens (primary N) is 1. The van der Waals surface area contributed by atoms with E-state index in [1.54, 1.807) is 0 Å². The maximum absolute atomic E-state index is 5.40. The molecule has 3 N–H and O–H groups in total. The molecule has 0 atom stereocenters. The van der Waals surface area contributed by atoms with Crippen molar-refractivity contribution < 1.29 is 0 Å². The van der Waals surface area contributed by atoms with E-state index in [1.807, 2.05) is 26.0 Å². The molecule has 0 amide bonds. The summed E-state index contributed by atoms with van der Waals surface area (Å²) < 4.78 is 0. The normalized spacial score (nSPS) is 10.4. The molecule has 0 saturated carbocycles. The number of hydrogen-bond acceptors (Lipinski definition) is 4. The van der Waals surface area contributed by atoms with Gasteiger partial charge in [0.2, 0.25) is 5.95 Å². The van der Waals surface area contributed by atoms with Gasteiger partial charge in [0, 0.05) is 5.69 Å². The zero-order valence-corrected chi connectivity index (χ0v) is 8.07. The number of nitrogens with zero attached hydrogens (tertiary/aromatic N) is 3. The predicted octanol–water partition coefficient (Wildman–Crippen LogP) is 1.07. The van der Waals surface area contributed by atoms with Crippen molar-refractivity contribution in [2.45, 2.75) is 13.8 Å². The molecule has 0 aliphatic carbocycles. The van der Waals surface area contributed by atoms with Gasteiger partial charge in [0.05, 0.1) is 0 Å². The first-order chi connectivity index (χ1) is 6.66. The number of H-pyrrole nitrogens is 1. The zero-order valence-electron chi connectivity index (χ0n) is 8.07. The molecule has 0 saturated heterocycles. The fraction of sp³-hybridized carbons (Fsp3) is 0.222. The molecule has 0 spiro atoms. The van der Waals surface area contributed by atoms with Crippen LogP contribution in [0.15, 0.2) is 12.1 Å². The van der Waals surface area contributed by atoms with Crippen molar-refractivity contribution in [2.24, 2.45) is 0 Å². The van der Waals surface area contributed by atoms with Crippen LogP contribution in [0.4, 0.5) is 5.95 Å². The van der Waals surface area contributed by atoms with Gasteiger partial charge in [0.15, 0.2) is 5.82 Å². The lowest BCUT2D eigenvalue weighted by atomic mass is 10.2. The van der Waals surface area contributed by atoms with Crippen LogP contribution < -0.4 is 5.73 Å². The molecule has 5 nitrogen and oxygen atoms in total. The van der Waals surface area contributed by atoms with Crippen LogP contribution in [0.5, 0.6) is 0 Å². The van der Waals surface area contributed by atoms with Gasteiger partial charge in [-0.05, 0) is 25.5 Å². The van der Waals surface area contributed by atoms with E-state index in [2.05, 4.69) is 20.2 Å². The minimum absolute atomic E-state index is 0.236. The van der Waals surface area contributed by atoms with Gasteiger partial charge in [0.1, 0.15) is 5.69 Å². The van der Waals surface area contributed by atoms with Crippen molar-refractivity contribution in [2.75, 3.05) is 5.73 Å². The Labute approximate surface area is 81.4 Å². The zero-order chi connectivity index (χ0) is 10.1. The molecule has 2 rings (SSSR count). The lowest BCUT2D eigenvalue weighted by Gasteiger charge is -2.00. The molecule has 5 heteroatoms. The molecule has 0 unspecified atom stereocenters. The van der Waals surface area contributed by atoms with E-state index in [9.17, 15) is 0 Å². The van der Waals surface area contributed by atoms with Crippen LogP contribution in [0.25, 0.3) is 11.5 Å². The van der Waals surface area contributed by atoms with E-state index in [0.29, 0.717) is 5.82 Å². The van der Waals surface area contributed by atoms with E-state index in [1.165, 1.54) is 0 Å². The number of hydrogen-bond donors (Lipinski definition) is 2. The molecule has 2 aromatic rings. The summed E-state index contributed by atoms with van der Waals surface area (Å²) >= 11 is 0. The highest BCUT2D eigenvalue weighted by Gasteiger charge is 2.05. The second-order valence-corrected chi connectivity index (χ2v) is 3.14. The Balaban J connectivity index is 2.47. The second kappa shape index (κ2) is 3.10. The van der Waals surface area contributed by atoms with Gasteiger partial charge in [-0.1, -0.05) is 6.07 Å². The number of nitrogen functional groups attached to an aromatic ring is 1. The molecule has 0 aliphatic rings. The van der Waals surface area contributed by atoms with Crippen molar-refractivity contribution >= 4 is 5.95 Å². The number of aromatic nitrogens is 4.